The average Bonchev–Trinajstić information content (AvgIpc) is 2.63. The van der Waals surface area contributed by atoms with Crippen molar-refractivity contribution in [2.45, 2.75) is 25.8 Å². The van der Waals surface area contributed by atoms with Crippen molar-refractivity contribution in [2.24, 2.45) is 5.73 Å². The van der Waals surface area contributed by atoms with E-state index < -0.39 is 0 Å². The minimum Gasteiger partial charge on any atom is -0.507 e. The number of phenols is 1. The van der Waals surface area contributed by atoms with E-state index in [4.69, 9.17) is 5.73 Å². The molecule has 0 fully saturated rings. The molecule has 2 aromatic rings. The van der Waals surface area contributed by atoms with Crippen LogP contribution in [0.2, 0.25) is 0 Å². The predicted octanol–water partition coefficient (Wildman–Crippen LogP) is 2.15. The second-order valence-corrected chi connectivity index (χ2v) is 3.89. The van der Waals surface area contributed by atoms with E-state index in [0.717, 1.165) is 29.3 Å². The molecule has 1 heterocycles. The van der Waals surface area contributed by atoms with Gasteiger partial charge in [-0.3, -0.25) is 0 Å². The first kappa shape index (κ1) is 10.1. The van der Waals surface area contributed by atoms with Gasteiger partial charge in [0, 0.05) is 23.1 Å². The summed E-state index contributed by atoms with van der Waals surface area (Å²) in [5, 5.41) is 10.7. The van der Waals surface area contributed by atoms with Gasteiger partial charge >= 0.3 is 0 Å². The molecule has 3 heteroatoms. The lowest BCUT2D eigenvalue weighted by molar-refractivity contribution is 0.481. The van der Waals surface area contributed by atoms with Crippen LogP contribution in [0.15, 0.2) is 24.4 Å². The molecule has 2 rings (SSSR count). The fraction of sp³-hybridized carbons (Fsp3) is 0.333. The van der Waals surface area contributed by atoms with Crippen LogP contribution < -0.4 is 5.73 Å². The van der Waals surface area contributed by atoms with Crippen molar-refractivity contribution in [3.05, 3.63) is 30.0 Å². The molecule has 0 saturated heterocycles. The number of hydrogen-bond donors (Lipinski definition) is 3. The Hall–Kier alpha value is -1.48. The lowest BCUT2D eigenvalue weighted by Crippen LogP contribution is -2.21. The number of aromatic nitrogens is 1. The zero-order valence-electron chi connectivity index (χ0n) is 8.83. The van der Waals surface area contributed by atoms with Crippen LogP contribution in [0.5, 0.6) is 5.75 Å². The monoisotopic (exact) mass is 204 g/mol. The van der Waals surface area contributed by atoms with E-state index in [0.29, 0.717) is 5.75 Å². The van der Waals surface area contributed by atoms with Crippen LogP contribution in [0.3, 0.4) is 0 Å². The smallest absolute Gasteiger partial charge is 0.125 e. The molecule has 0 aliphatic rings. The Bertz CT molecular complexity index is 462. The Kier molecular flexibility index (Phi) is 2.64. The summed E-state index contributed by atoms with van der Waals surface area (Å²) in [6.07, 6.45) is 3.67. The zero-order chi connectivity index (χ0) is 10.8. The number of H-pyrrole nitrogens is 1. The van der Waals surface area contributed by atoms with Gasteiger partial charge in [0.1, 0.15) is 5.75 Å². The predicted molar refractivity (Wildman–Crippen MR) is 61.9 cm³/mol. The fourth-order valence-corrected chi connectivity index (χ4v) is 1.82. The largest absolute Gasteiger partial charge is 0.507 e. The number of benzene rings is 1. The molecule has 0 spiro atoms. The van der Waals surface area contributed by atoms with E-state index in [2.05, 4.69) is 11.9 Å². The van der Waals surface area contributed by atoms with Gasteiger partial charge in [0.05, 0.1) is 0 Å². The Labute approximate surface area is 88.9 Å². The number of nitrogens with two attached hydrogens (primary N) is 1. The lowest BCUT2D eigenvalue weighted by Gasteiger charge is -2.07. The van der Waals surface area contributed by atoms with Gasteiger partial charge in [0.2, 0.25) is 0 Å². The first-order valence-corrected chi connectivity index (χ1v) is 5.26. The second-order valence-electron chi connectivity index (χ2n) is 3.89. The zero-order valence-corrected chi connectivity index (χ0v) is 8.83. The van der Waals surface area contributed by atoms with Gasteiger partial charge in [-0.05, 0) is 30.5 Å². The van der Waals surface area contributed by atoms with Crippen LogP contribution in [0.1, 0.15) is 18.9 Å². The molecule has 1 aromatic carbocycles. The third-order valence-electron chi connectivity index (χ3n) is 2.77. The van der Waals surface area contributed by atoms with Gasteiger partial charge in [-0.2, -0.15) is 0 Å². The molecule has 0 aliphatic heterocycles. The highest BCUT2D eigenvalue weighted by Gasteiger charge is 2.10. The number of fused-ring (bicyclic) bond motifs is 1. The fourth-order valence-electron chi connectivity index (χ4n) is 1.82. The van der Waals surface area contributed by atoms with Gasteiger partial charge in [-0.1, -0.05) is 13.0 Å². The van der Waals surface area contributed by atoms with Crippen molar-refractivity contribution in [3.8, 4) is 5.75 Å². The minimum absolute atomic E-state index is 0.156. The maximum atomic E-state index is 9.77. The van der Waals surface area contributed by atoms with Crippen LogP contribution in [0, 0.1) is 0 Å². The summed E-state index contributed by atoms with van der Waals surface area (Å²) in [7, 11) is 0. The molecule has 3 nitrogen and oxygen atoms in total. The summed E-state index contributed by atoms with van der Waals surface area (Å²) >= 11 is 0. The van der Waals surface area contributed by atoms with Crippen LogP contribution in [0.4, 0.5) is 0 Å². The maximum Gasteiger partial charge on any atom is 0.125 e. The van der Waals surface area contributed by atoms with Crippen molar-refractivity contribution < 1.29 is 5.11 Å². The van der Waals surface area contributed by atoms with Gasteiger partial charge in [-0.15, -0.1) is 0 Å². The van der Waals surface area contributed by atoms with Crippen LogP contribution >= 0.6 is 0 Å². The van der Waals surface area contributed by atoms with Crippen molar-refractivity contribution in [1.82, 2.24) is 4.98 Å². The van der Waals surface area contributed by atoms with Crippen molar-refractivity contribution in [2.75, 3.05) is 0 Å². The standard InChI is InChI=1S/C12H16N2O/c1-2-9(13)6-8-7-14-10-4-3-5-11(15)12(8)10/h3-5,7,9,14-15H,2,6,13H2,1H3. The van der Waals surface area contributed by atoms with E-state index in [1.54, 1.807) is 6.07 Å². The number of phenolic OH excluding ortho intramolecular Hbond substituents is 1. The molecular formula is C12H16N2O. The quantitative estimate of drug-likeness (QED) is 0.717. The topological polar surface area (TPSA) is 62.0 Å². The molecule has 0 amide bonds. The molecule has 15 heavy (non-hydrogen) atoms. The first-order chi connectivity index (χ1) is 7.22. The van der Waals surface area contributed by atoms with Gasteiger partial charge in [0.15, 0.2) is 0 Å². The minimum atomic E-state index is 0.156. The Balaban J connectivity index is 2.43. The number of aromatic amines is 1. The van der Waals surface area contributed by atoms with E-state index >= 15 is 0 Å². The number of hydrogen-bond acceptors (Lipinski definition) is 2. The Morgan fingerprint density at radius 2 is 2.27 bits per heavy atom. The van der Waals surface area contributed by atoms with E-state index in [1.165, 1.54) is 0 Å². The molecular weight excluding hydrogens is 188 g/mol. The van der Waals surface area contributed by atoms with Crippen molar-refractivity contribution >= 4 is 10.9 Å². The Morgan fingerprint density at radius 1 is 1.47 bits per heavy atom. The molecule has 0 saturated carbocycles. The number of aromatic hydroxyl groups is 1. The van der Waals surface area contributed by atoms with E-state index in [9.17, 15) is 5.11 Å². The summed E-state index contributed by atoms with van der Waals surface area (Å²) in [6, 6.07) is 5.65. The summed E-state index contributed by atoms with van der Waals surface area (Å²) in [4.78, 5) is 3.14. The van der Waals surface area contributed by atoms with E-state index in [-0.39, 0.29) is 6.04 Å². The van der Waals surface area contributed by atoms with Crippen molar-refractivity contribution in [3.63, 3.8) is 0 Å². The Morgan fingerprint density at radius 3 is 3.00 bits per heavy atom. The van der Waals surface area contributed by atoms with Gasteiger partial charge < -0.3 is 15.8 Å². The molecule has 1 unspecified atom stereocenters. The second kappa shape index (κ2) is 3.95. The van der Waals surface area contributed by atoms with Crippen molar-refractivity contribution in [1.29, 1.82) is 0 Å². The third-order valence-corrected chi connectivity index (χ3v) is 2.77. The summed E-state index contributed by atoms with van der Waals surface area (Å²) in [5.41, 5.74) is 7.97. The molecule has 0 bridgehead atoms. The summed E-state index contributed by atoms with van der Waals surface area (Å²) in [6.45, 7) is 2.07. The molecule has 1 atom stereocenters. The van der Waals surface area contributed by atoms with Crippen LogP contribution in [-0.2, 0) is 6.42 Å². The molecule has 0 aliphatic carbocycles. The van der Waals surface area contributed by atoms with Crippen LogP contribution in [-0.4, -0.2) is 16.1 Å². The highest BCUT2D eigenvalue weighted by atomic mass is 16.3. The third kappa shape index (κ3) is 1.83. The molecule has 0 radical (unpaired) electrons. The molecule has 80 valence electrons. The highest BCUT2D eigenvalue weighted by Crippen LogP contribution is 2.28. The summed E-state index contributed by atoms with van der Waals surface area (Å²) < 4.78 is 0. The van der Waals surface area contributed by atoms with Gasteiger partial charge in [-0.25, -0.2) is 0 Å². The number of nitrogens with one attached hydrogen (secondary N) is 1. The van der Waals surface area contributed by atoms with E-state index in [1.807, 2.05) is 18.3 Å². The van der Waals surface area contributed by atoms with Gasteiger partial charge in [0.25, 0.3) is 0 Å². The average molecular weight is 204 g/mol. The molecule has 1 aromatic heterocycles. The summed E-state index contributed by atoms with van der Waals surface area (Å²) in [5.74, 6) is 0.326. The maximum absolute atomic E-state index is 9.77. The SMILES string of the molecule is CCC(N)Cc1c[nH]c2cccc(O)c12. The molecule has 4 N–H and O–H groups in total. The highest BCUT2D eigenvalue weighted by molar-refractivity contribution is 5.89. The number of rotatable bonds is 3. The van der Waals surface area contributed by atoms with Crippen LogP contribution in [0.25, 0.3) is 10.9 Å². The first-order valence-electron chi connectivity index (χ1n) is 5.26. The lowest BCUT2D eigenvalue weighted by atomic mass is 10.0. The normalized spacial score (nSPS) is 13.2.